The zero-order chi connectivity index (χ0) is 23.8. The molecule has 1 heterocycles. The van der Waals surface area contributed by atoms with E-state index in [1.807, 2.05) is 49.4 Å². The van der Waals surface area contributed by atoms with Gasteiger partial charge in [0.15, 0.2) is 12.3 Å². The first kappa shape index (κ1) is 23.8. The van der Waals surface area contributed by atoms with Gasteiger partial charge in [0.2, 0.25) is 0 Å². The van der Waals surface area contributed by atoms with Gasteiger partial charge in [-0.2, -0.15) is 0 Å². The van der Waals surface area contributed by atoms with Crippen LogP contribution >= 0.6 is 0 Å². The van der Waals surface area contributed by atoms with Gasteiger partial charge in [0.05, 0.1) is 6.54 Å². The normalized spacial score (nSPS) is 10.7. The molecule has 0 aliphatic rings. The lowest BCUT2D eigenvalue weighted by Crippen LogP contribution is -2.42. The minimum absolute atomic E-state index is 0.0335. The molecule has 0 aliphatic carbocycles. The number of anilines is 2. The third-order valence-corrected chi connectivity index (χ3v) is 5.40. The molecule has 0 radical (unpaired) electrons. The average molecular weight is 451 g/mol. The Hall–Kier alpha value is -3.81. The molecule has 33 heavy (non-hydrogen) atoms. The number of carbonyl (C=O) groups is 1. The van der Waals surface area contributed by atoms with E-state index >= 15 is 0 Å². The van der Waals surface area contributed by atoms with Crippen LogP contribution in [-0.4, -0.2) is 22.1 Å². The zero-order valence-electron chi connectivity index (χ0n) is 19.0. The summed E-state index contributed by atoms with van der Waals surface area (Å²) in [6.07, 6.45) is 2.45. The maximum Gasteiger partial charge on any atom is 0.330 e. The first-order valence-electron chi connectivity index (χ1n) is 11.1. The highest BCUT2D eigenvalue weighted by molar-refractivity contribution is 5.96. The van der Waals surface area contributed by atoms with Crippen molar-refractivity contribution >= 4 is 17.4 Å². The van der Waals surface area contributed by atoms with E-state index in [-0.39, 0.29) is 24.7 Å². The summed E-state index contributed by atoms with van der Waals surface area (Å²) in [7, 11) is 0. The van der Waals surface area contributed by atoms with Crippen LogP contribution in [-0.2, 0) is 24.3 Å². The number of nitrogens with one attached hydrogen (secondary N) is 1. The highest BCUT2D eigenvalue weighted by atomic mass is 16.5. The molecule has 0 bridgehead atoms. The minimum Gasteiger partial charge on any atom is -0.484 e. The molecule has 0 saturated carbocycles. The monoisotopic (exact) mass is 450 g/mol. The summed E-state index contributed by atoms with van der Waals surface area (Å²) in [4.78, 5) is 42.0. The number of nitrogens with zero attached hydrogens (tertiary/aromatic N) is 2. The van der Waals surface area contributed by atoms with Crippen molar-refractivity contribution in [2.45, 2.75) is 46.2 Å². The number of aryl methyl sites for hydroxylation is 1. The van der Waals surface area contributed by atoms with Crippen LogP contribution in [0.15, 0.2) is 64.2 Å². The summed E-state index contributed by atoms with van der Waals surface area (Å²) >= 11 is 0. The summed E-state index contributed by atoms with van der Waals surface area (Å²) in [5.74, 6) is 0.0695. The number of carbonyl (C=O) groups excluding carboxylic acids is 1. The number of amides is 1. The topological polar surface area (TPSA) is 110 Å². The Morgan fingerprint density at radius 2 is 1.73 bits per heavy atom. The lowest BCUT2D eigenvalue weighted by atomic mass is 10.2. The van der Waals surface area contributed by atoms with Crippen LogP contribution in [0.3, 0.4) is 0 Å². The van der Waals surface area contributed by atoms with Gasteiger partial charge in [-0.15, -0.1) is 0 Å². The van der Waals surface area contributed by atoms with Crippen LogP contribution in [0.2, 0.25) is 0 Å². The molecular weight excluding hydrogens is 420 g/mol. The second kappa shape index (κ2) is 11.2. The van der Waals surface area contributed by atoms with E-state index in [4.69, 9.17) is 10.5 Å². The molecule has 0 unspecified atom stereocenters. The molecule has 8 nitrogen and oxygen atoms in total. The fourth-order valence-electron chi connectivity index (χ4n) is 3.48. The Bertz CT molecular complexity index is 1180. The minimum atomic E-state index is -0.707. The molecule has 0 fully saturated rings. The van der Waals surface area contributed by atoms with Crippen LogP contribution in [0.5, 0.6) is 5.75 Å². The summed E-state index contributed by atoms with van der Waals surface area (Å²) in [5.41, 5.74) is 6.89. The van der Waals surface area contributed by atoms with Gasteiger partial charge in [0, 0.05) is 6.54 Å². The van der Waals surface area contributed by atoms with Gasteiger partial charge in [-0.05, 0) is 36.1 Å². The van der Waals surface area contributed by atoms with E-state index < -0.39 is 17.2 Å². The largest absolute Gasteiger partial charge is 0.484 e. The number of aromatic nitrogens is 2. The highest BCUT2D eigenvalue weighted by Gasteiger charge is 2.25. The predicted octanol–water partition coefficient (Wildman–Crippen LogP) is 3.09. The van der Waals surface area contributed by atoms with Crippen LogP contribution in [0.25, 0.3) is 0 Å². The Morgan fingerprint density at radius 3 is 2.36 bits per heavy atom. The summed E-state index contributed by atoms with van der Waals surface area (Å²) in [6, 6.07) is 16.7. The molecule has 1 amide bonds. The van der Waals surface area contributed by atoms with Gasteiger partial charge in [-0.3, -0.25) is 24.0 Å². The molecule has 3 aromatic rings. The average Bonchev–Trinajstić information content (AvgIpc) is 2.82. The van der Waals surface area contributed by atoms with Crippen molar-refractivity contribution in [1.82, 2.24) is 9.55 Å². The third kappa shape index (κ3) is 5.91. The van der Waals surface area contributed by atoms with Crippen molar-refractivity contribution < 1.29 is 9.53 Å². The Balaban J connectivity index is 1.94. The second-order valence-electron chi connectivity index (χ2n) is 7.75. The number of benzene rings is 2. The van der Waals surface area contributed by atoms with E-state index in [0.29, 0.717) is 18.7 Å². The van der Waals surface area contributed by atoms with Crippen LogP contribution in [0, 0.1) is 0 Å². The van der Waals surface area contributed by atoms with E-state index in [2.05, 4.69) is 11.9 Å². The van der Waals surface area contributed by atoms with E-state index in [1.54, 1.807) is 12.1 Å². The lowest BCUT2D eigenvalue weighted by Gasteiger charge is -2.25. The van der Waals surface area contributed by atoms with Gasteiger partial charge < -0.3 is 10.5 Å². The predicted molar refractivity (Wildman–Crippen MR) is 130 cm³/mol. The number of hydrogen-bond acceptors (Lipinski definition) is 5. The first-order valence-corrected chi connectivity index (χ1v) is 11.1. The van der Waals surface area contributed by atoms with Crippen LogP contribution in [0.4, 0.5) is 11.5 Å². The fourth-order valence-corrected chi connectivity index (χ4v) is 3.48. The van der Waals surface area contributed by atoms with Gasteiger partial charge in [0.25, 0.3) is 11.5 Å². The molecule has 1 aromatic heterocycles. The molecule has 2 aromatic carbocycles. The van der Waals surface area contributed by atoms with E-state index in [0.717, 1.165) is 24.0 Å². The van der Waals surface area contributed by atoms with Crippen molar-refractivity contribution in [3.05, 3.63) is 86.6 Å². The molecule has 174 valence electrons. The molecule has 3 rings (SSSR count). The number of ether oxygens (including phenoxy) is 1. The van der Waals surface area contributed by atoms with Crippen molar-refractivity contribution in [2.24, 2.45) is 0 Å². The van der Waals surface area contributed by atoms with Gasteiger partial charge in [0.1, 0.15) is 11.6 Å². The standard InChI is InChI=1S/C25H30N4O4/c1-3-5-15-28-23(26)22(24(31)27-25(28)32)29(16-19-9-7-6-8-10-19)21(30)17-33-20-13-11-18(4-2)12-14-20/h6-14H,3-5,15-17,26H2,1-2H3,(H,27,31,32). The van der Waals surface area contributed by atoms with Gasteiger partial charge in [-0.25, -0.2) is 4.79 Å². The lowest BCUT2D eigenvalue weighted by molar-refractivity contribution is -0.120. The SMILES string of the molecule is CCCCn1c(N)c(N(Cc2ccccc2)C(=O)COc2ccc(CC)cc2)c(=O)[nH]c1=O. The number of H-pyrrole nitrogens is 1. The number of nitrogens with two attached hydrogens (primary N) is 1. The summed E-state index contributed by atoms with van der Waals surface area (Å²) in [5, 5.41) is 0. The van der Waals surface area contributed by atoms with Crippen molar-refractivity contribution in [2.75, 3.05) is 17.2 Å². The third-order valence-electron chi connectivity index (χ3n) is 5.40. The number of aromatic amines is 1. The summed E-state index contributed by atoms with van der Waals surface area (Å²) in [6.45, 7) is 4.22. The fraction of sp³-hybridized carbons (Fsp3) is 0.320. The Kier molecular flexibility index (Phi) is 8.07. The van der Waals surface area contributed by atoms with E-state index in [9.17, 15) is 14.4 Å². The molecule has 8 heteroatoms. The number of hydrogen-bond donors (Lipinski definition) is 2. The second-order valence-corrected chi connectivity index (χ2v) is 7.75. The van der Waals surface area contributed by atoms with Gasteiger partial charge >= 0.3 is 5.69 Å². The van der Waals surface area contributed by atoms with Crippen molar-refractivity contribution in [3.8, 4) is 5.75 Å². The smallest absolute Gasteiger partial charge is 0.330 e. The van der Waals surface area contributed by atoms with Crippen molar-refractivity contribution in [3.63, 3.8) is 0 Å². The molecular formula is C25H30N4O4. The molecule has 0 saturated heterocycles. The zero-order valence-corrected chi connectivity index (χ0v) is 19.0. The molecule has 3 N–H and O–H groups in total. The van der Waals surface area contributed by atoms with E-state index in [1.165, 1.54) is 9.47 Å². The number of rotatable bonds is 10. The maximum absolute atomic E-state index is 13.3. The quantitative estimate of drug-likeness (QED) is 0.493. The number of unbranched alkanes of at least 4 members (excludes halogenated alkanes) is 1. The molecule has 0 spiro atoms. The van der Waals surface area contributed by atoms with Crippen LogP contribution in [0.1, 0.15) is 37.8 Å². The first-order chi connectivity index (χ1) is 15.9. The Morgan fingerprint density at radius 1 is 1.03 bits per heavy atom. The molecule has 0 aliphatic heterocycles. The van der Waals surface area contributed by atoms with Crippen molar-refractivity contribution in [1.29, 1.82) is 0 Å². The van der Waals surface area contributed by atoms with Crippen LogP contribution < -0.4 is 26.6 Å². The molecule has 0 atom stereocenters. The summed E-state index contributed by atoms with van der Waals surface area (Å²) < 4.78 is 6.99. The number of nitrogen functional groups attached to an aromatic ring is 1. The van der Waals surface area contributed by atoms with Gasteiger partial charge in [-0.1, -0.05) is 62.7 Å². The Labute approximate surface area is 192 Å². The maximum atomic E-state index is 13.3. The highest BCUT2D eigenvalue weighted by Crippen LogP contribution is 2.21.